The van der Waals surface area contributed by atoms with Crippen molar-refractivity contribution in [3.63, 3.8) is 0 Å². The number of nitrogens with zero attached hydrogens (tertiary/aromatic N) is 1. The van der Waals surface area contributed by atoms with Crippen molar-refractivity contribution in [3.8, 4) is 5.75 Å². The second kappa shape index (κ2) is 8.19. The molecule has 1 aliphatic heterocycles. The zero-order valence-electron chi connectivity index (χ0n) is 17.0. The summed E-state index contributed by atoms with van der Waals surface area (Å²) in [5, 5.41) is 11.7. The molecule has 1 saturated carbocycles. The molecule has 1 aliphatic carbocycles. The fraction of sp³-hybridized carbons (Fsp3) is 0.565. The zero-order chi connectivity index (χ0) is 20.4. The van der Waals surface area contributed by atoms with Gasteiger partial charge in [-0.15, -0.1) is 0 Å². The van der Waals surface area contributed by atoms with Gasteiger partial charge >= 0.3 is 5.63 Å². The normalized spacial score (nSPS) is 24.3. The van der Waals surface area contributed by atoms with Crippen molar-refractivity contribution in [3.05, 3.63) is 40.2 Å². The van der Waals surface area contributed by atoms with E-state index in [1.165, 1.54) is 0 Å². The van der Waals surface area contributed by atoms with Crippen LogP contribution in [0.25, 0.3) is 11.0 Å². The summed E-state index contributed by atoms with van der Waals surface area (Å²) in [4.78, 5) is 26.3. The van der Waals surface area contributed by atoms with Gasteiger partial charge in [0.2, 0.25) is 0 Å². The van der Waals surface area contributed by atoms with Crippen LogP contribution in [-0.4, -0.2) is 41.2 Å². The van der Waals surface area contributed by atoms with E-state index < -0.39 is 5.60 Å². The predicted molar refractivity (Wildman–Crippen MR) is 110 cm³/mol. The van der Waals surface area contributed by atoms with Crippen molar-refractivity contribution in [2.45, 2.75) is 57.5 Å². The molecule has 2 heterocycles. The molecular weight excluding hydrogens is 370 g/mol. The summed E-state index contributed by atoms with van der Waals surface area (Å²) in [7, 11) is 0. The van der Waals surface area contributed by atoms with E-state index in [9.17, 15) is 14.7 Å². The molecule has 1 saturated heterocycles. The van der Waals surface area contributed by atoms with E-state index in [0.29, 0.717) is 30.8 Å². The van der Waals surface area contributed by atoms with Crippen molar-refractivity contribution in [2.24, 2.45) is 5.92 Å². The number of carbonyl (C=O) groups excluding carboxylic acids is 1. The molecule has 0 radical (unpaired) electrons. The van der Waals surface area contributed by atoms with Gasteiger partial charge in [0.25, 0.3) is 5.91 Å². The molecular formula is C23H29NO5. The number of amides is 1. The first kappa shape index (κ1) is 20.0. The monoisotopic (exact) mass is 399 g/mol. The molecule has 0 spiro atoms. The molecule has 29 heavy (non-hydrogen) atoms. The Bertz CT molecular complexity index is 952. The summed E-state index contributed by atoms with van der Waals surface area (Å²) in [5.41, 5.74) is 0.482. The summed E-state index contributed by atoms with van der Waals surface area (Å²) in [5.74, 6) is 0.605. The van der Waals surface area contributed by atoms with Crippen molar-refractivity contribution >= 4 is 16.9 Å². The third kappa shape index (κ3) is 4.17. The van der Waals surface area contributed by atoms with Crippen molar-refractivity contribution in [2.75, 3.05) is 19.7 Å². The molecule has 2 fully saturated rings. The lowest BCUT2D eigenvalue weighted by Gasteiger charge is -2.47. The van der Waals surface area contributed by atoms with E-state index in [4.69, 9.17) is 9.15 Å². The predicted octanol–water partition coefficient (Wildman–Crippen LogP) is 3.28. The van der Waals surface area contributed by atoms with E-state index in [0.717, 1.165) is 49.5 Å². The Balaban J connectivity index is 1.41. The second-order valence-corrected chi connectivity index (χ2v) is 8.42. The van der Waals surface area contributed by atoms with Crippen LogP contribution < -0.4 is 10.4 Å². The number of ether oxygens (including phenoxy) is 1. The van der Waals surface area contributed by atoms with Gasteiger partial charge in [0, 0.05) is 36.5 Å². The smallest absolute Gasteiger partial charge is 0.336 e. The van der Waals surface area contributed by atoms with Crippen LogP contribution in [-0.2, 0) is 11.2 Å². The summed E-state index contributed by atoms with van der Waals surface area (Å²) in [6.07, 6.45) is 6.41. The average molecular weight is 399 g/mol. The number of piperidine rings is 1. The second-order valence-electron chi connectivity index (χ2n) is 8.42. The summed E-state index contributed by atoms with van der Waals surface area (Å²) in [6.45, 7) is 3.18. The maximum Gasteiger partial charge on any atom is 0.336 e. The number of aryl methyl sites for hydroxylation is 1. The fourth-order valence-corrected chi connectivity index (χ4v) is 4.81. The molecule has 6 heteroatoms. The lowest BCUT2D eigenvalue weighted by atomic mass is 9.71. The molecule has 0 unspecified atom stereocenters. The first-order valence-corrected chi connectivity index (χ1v) is 10.7. The molecule has 2 aliphatic rings. The molecule has 2 atom stereocenters. The number of rotatable bonds is 5. The van der Waals surface area contributed by atoms with Gasteiger partial charge in [-0.25, -0.2) is 4.79 Å². The first-order chi connectivity index (χ1) is 14.0. The largest absolute Gasteiger partial charge is 0.484 e. The molecule has 156 valence electrons. The van der Waals surface area contributed by atoms with E-state index >= 15 is 0 Å². The van der Waals surface area contributed by atoms with Gasteiger partial charge in [-0.05, 0) is 43.4 Å². The Labute approximate surface area is 170 Å². The number of likely N-dealkylation sites (tertiary alicyclic amines) is 1. The van der Waals surface area contributed by atoms with Gasteiger partial charge in [-0.1, -0.05) is 26.2 Å². The van der Waals surface area contributed by atoms with Gasteiger partial charge < -0.3 is 19.2 Å². The van der Waals surface area contributed by atoms with Crippen LogP contribution in [0.3, 0.4) is 0 Å². The molecule has 2 aromatic rings. The van der Waals surface area contributed by atoms with E-state index in [2.05, 4.69) is 6.92 Å². The number of fused-ring (bicyclic) bond motifs is 2. The topological polar surface area (TPSA) is 80.0 Å². The van der Waals surface area contributed by atoms with Gasteiger partial charge in [-0.3, -0.25) is 4.79 Å². The highest BCUT2D eigenvalue weighted by atomic mass is 16.5. The number of aliphatic hydroxyl groups is 1. The van der Waals surface area contributed by atoms with Crippen molar-refractivity contribution < 1.29 is 19.1 Å². The molecule has 1 N–H and O–H groups in total. The van der Waals surface area contributed by atoms with Crippen LogP contribution in [0.2, 0.25) is 0 Å². The maximum absolute atomic E-state index is 12.7. The minimum Gasteiger partial charge on any atom is -0.484 e. The molecule has 4 rings (SSSR count). The lowest BCUT2D eigenvalue weighted by molar-refractivity contribution is -0.145. The molecule has 1 aromatic heterocycles. The average Bonchev–Trinajstić information content (AvgIpc) is 2.71. The number of hydrogen-bond acceptors (Lipinski definition) is 5. The van der Waals surface area contributed by atoms with Gasteiger partial charge in [0.1, 0.15) is 11.3 Å². The van der Waals surface area contributed by atoms with Crippen LogP contribution in [0.5, 0.6) is 5.75 Å². The minimum absolute atomic E-state index is 0.0600. The number of hydrogen-bond donors (Lipinski definition) is 1. The van der Waals surface area contributed by atoms with Crippen molar-refractivity contribution in [1.82, 2.24) is 4.90 Å². The van der Waals surface area contributed by atoms with Crippen LogP contribution in [0.15, 0.2) is 33.5 Å². The molecule has 6 nitrogen and oxygen atoms in total. The first-order valence-electron chi connectivity index (χ1n) is 10.7. The zero-order valence-corrected chi connectivity index (χ0v) is 17.0. The highest BCUT2D eigenvalue weighted by molar-refractivity contribution is 5.82. The van der Waals surface area contributed by atoms with Crippen LogP contribution in [0, 0.1) is 5.92 Å². The number of benzene rings is 1. The molecule has 0 bridgehead atoms. The Kier molecular flexibility index (Phi) is 5.63. The summed E-state index contributed by atoms with van der Waals surface area (Å²) in [6, 6.07) is 6.91. The standard InChI is InChI=1S/C23H29NO5/c1-2-5-16-12-22(26)29-20-13-18(7-8-19(16)20)28-15-21(25)24-11-10-23(27)9-4-3-6-17(23)14-24/h7-8,12-13,17,27H,2-6,9-11,14-15H2,1H3/t17-,23-/m0/s1. The quantitative estimate of drug-likeness (QED) is 0.781. The third-order valence-electron chi connectivity index (χ3n) is 6.46. The summed E-state index contributed by atoms with van der Waals surface area (Å²) >= 11 is 0. The van der Waals surface area contributed by atoms with Crippen LogP contribution in [0.1, 0.15) is 51.0 Å². The minimum atomic E-state index is -0.595. The SMILES string of the molecule is CCCc1cc(=O)oc2cc(OCC(=O)N3CC[C@@]4(O)CCCC[C@H]4C3)ccc12. The highest BCUT2D eigenvalue weighted by Crippen LogP contribution is 2.39. The van der Waals surface area contributed by atoms with Crippen LogP contribution in [0.4, 0.5) is 0 Å². The molecule has 1 amide bonds. The Hall–Kier alpha value is -2.34. The maximum atomic E-state index is 12.7. The number of carbonyl (C=O) groups is 1. The molecule has 1 aromatic carbocycles. The van der Waals surface area contributed by atoms with E-state index in [1.54, 1.807) is 12.1 Å². The summed E-state index contributed by atoms with van der Waals surface area (Å²) < 4.78 is 11.0. The van der Waals surface area contributed by atoms with Crippen LogP contribution >= 0.6 is 0 Å². The van der Waals surface area contributed by atoms with E-state index in [-0.39, 0.29) is 24.1 Å². The van der Waals surface area contributed by atoms with Gasteiger partial charge in [0.15, 0.2) is 6.61 Å². The van der Waals surface area contributed by atoms with Gasteiger partial charge in [0.05, 0.1) is 5.60 Å². The highest BCUT2D eigenvalue weighted by Gasteiger charge is 2.43. The lowest BCUT2D eigenvalue weighted by Crippen LogP contribution is -2.55. The van der Waals surface area contributed by atoms with E-state index in [1.807, 2.05) is 17.0 Å². The van der Waals surface area contributed by atoms with Gasteiger partial charge in [-0.2, -0.15) is 0 Å². The Morgan fingerprint density at radius 1 is 1.31 bits per heavy atom. The Morgan fingerprint density at radius 3 is 3.00 bits per heavy atom. The van der Waals surface area contributed by atoms with Crippen molar-refractivity contribution in [1.29, 1.82) is 0 Å². The third-order valence-corrected chi connectivity index (χ3v) is 6.46. The fourth-order valence-electron chi connectivity index (χ4n) is 4.81. The Morgan fingerprint density at radius 2 is 2.17 bits per heavy atom.